The lowest BCUT2D eigenvalue weighted by Crippen LogP contribution is -2.52. The van der Waals surface area contributed by atoms with Crippen LogP contribution in [0.4, 0.5) is 0 Å². The van der Waals surface area contributed by atoms with Crippen LogP contribution in [0.15, 0.2) is 0 Å². The maximum Gasteiger partial charge on any atom is 0.222 e. The third-order valence-electron chi connectivity index (χ3n) is 3.10. The first kappa shape index (κ1) is 15.8. The fourth-order valence-electron chi connectivity index (χ4n) is 2.30. The highest BCUT2D eigenvalue weighted by Crippen LogP contribution is 2.19. The summed E-state index contributed by atoms with van der Waals surface area (Å²) in [4.78, 5) is 14.4. The van der Waals surface area contributed by atoms with Gasteiger partial charge in [-0.25, -0.2) is 0 Å². The van der Waals surface area contributed by atoms with Gasteiger partial charge in [-0.2, -0.15) is 11.8 Å². The van der Waals surface area contributed by atoms with Crippen LogP contribution in [0.3, 0.4) is 0 Å². The van der Waals surface area contributed by atoms with Gasteiger partial charge in [-0.05, 0) is 27.7 Å². The van der Waals surface area contributed by atoms with Gasteiger partial charge in [-0.15, -0.1) is 0 Å². The van der Waals surface area contributed by atoms with Crippen molar-refractivity contribution >= 4 is 17.7 Å². The quantitative estimate of drug-likeness (QED) is 0.804. The van der Waals surface area contributed by atoms with E-state index in [0.717, 1.165) is 18.1 Å². The third-order valence-corrected chi connectivity index (χ3v) is 4.28. The Bertz CT molecular complexity index is 278. The van der Waals surface area contributed by atoms with Crippen LogP contribution < -0.4 is 11.1 Å². The minimum Gasteiger partial charge on any atom is -0.351 e. The molecule has 0 saturated carbocycles. The monoisotopic (exact) mass is 273 g/mol. The molecule has 2 unspecified atom stereocenters. The minimum absolute atomic E-state index is 0.100. The summed E-state index contributed by atoms with van der Waals surface area (Å²) in [6.07, 6.45) is 0.503. The van der Waals surface area contributed by atoms with Crippen LogP contribution in [0.2, 0.25) is 0 Å². The molecule has 0 bridgehead atoms. The van der Waals surface area contributed by atoms with Gasteiger partial charge in [-0.1, -0.05) is 0 Å². The molecule has 0 aromatic carbocycles. The highest BCUT2D eigenvalue weighted by molar-refractivity contribution is 7.99. The average molecular weight is 273 g/mol. The molecular formula is C13H27N3OS. The molecule has 1 heterocycles. The molecule has 3 N–H and O–H groups in total. The first-order valence-corrected chi connectivity index (χ1v) is 7.83. The Morgan fingerprint density at radius 1 is 1.56 bits per heavy atom. The van der Waals surface area contributed by atoms with Crippen LogP contribution in [0.5, 0.6) is 0 Å². The van der Waals surface area contributed by atoms with E-state index in [2.05, 4.69) is 17.1 Å². The average Bonchev–Trinajstić information content (AvgIpc) is 2.24. The van der Waals surface area contributed by atoms with Crippen molar-refractivity contribution in [1.29, 1.82) is 0 Å². The van der Waals surface area contributed by atoms with Crippen molar-refractivity contribution in [2.24, 2.45) is 5.73 Å². The molecule has 5 heteroatoms. The van der Waals surface area contributed by atoms with Crippen molar-refractivity contribution in [3.63, 3.8) is 0 Å². The van der Waals surface area contributed by atoms with E-state index in [1.807, 2.05) is 32.5 Å². The largest absolute Gasteiger partial charge is 0.351 e. The van der Waals surface area contributed by atoms with E-state index >= 15 is 0 Å². The predicted molar refractivity (Wildman–Crippen MR) is 78.8 cm³/mol. The van der Waals surface area contributed by atoms with Crippen molar-refractivity contribution in [1.82, 2.24) is 10.2 Å². The molecular weight excluding hydrogens is 246 g/mol. The summed E-state index contributed by atoms with van der Waals surface area (Å²) in [5, 5.41) is 3.01. The number of carbonyl (C=O) groups is 1. The summed E-state index contributed by atoms with van der Waals surface area (Å²) in [6, 6.07) is 0.683. The summed E-state index contributed by atoms with van der Waals surface area (Å²) in [6.45, 7) is 9.81. The van der Waals surface area contributed by atoms with Crippen LogP contribution >= 0.6 is 11.8 Å². The number of nitrogens with one attached hydrogen (secondary N) is 1. The number of rotatable bonds is 4. The number of hydrogen-bond acceptors (Lipinski definition) is 4. The van der Waals surface area contributed by atoms with Crippen molar-refractivity contribution in [2.45, 2.75) is 51.7 Å². The lowest BCUT2D eigenvalue weighted by atomic mass is 10.1. The zero-order chi connectivity index (χ0) is 13.8. The molecule has 1 aliphatic heterocycles. The number of thioether (sulfide) groups is 1. The molecule has 1 amide bonds. The van der Waals surface area contributed by atoms with Gasteiger partial charge >= 0.3 is 0 Å². The van der Waals surface area contributed by atoms with Crippen molar-refractivity contribution in [3.8, 4) is 0 Å². The lowest BCUT2D eigenvalue weighted by Gasteiger charge is -2.39. The van der Waals surface area contributed by atoms with Crippen LogP contribution in [0.25, 0.3) is 0 Å². The second kappa shape index (κ2) is 6.78. The van der Waals surface area contributed by atoms with Gasteiger partial charge < -0.3 is 11.1 Å². The van der Waals surface area contributed by atoms with Gasteiger partial charge in [0.2, 0.25) is 5.91 Å². The Morgan fingerprint density at radius 3 is 2.72 bits per heavy atom. The summed E-state index contributed by atoms with van der Waals surface area (Å²) in [7, 11) is 0. The van der Waals surface area contributed by atoms with Gasteiger partial charge in [0.15, 0.2) is 0 Å². The molecule has 18 heavy (non-hydrogen) atoms. The van der Waals surface area contributed by atoms with E-state index in [0.29, 0.717) is 19.0 Å². The second-order valence-corrected chi connectivity index (χ2v) is 7.20. The van der Waals surface area contributed by atoms with E-state index in [1.54, 1.807) is 0 Å². The number of carbonyl (C=O) groups excluding carboxylic acids is 1. The molecule has 2 atom stereocenters. The summed E-state index contributed by atoms with van der Waals surface area (Å²) < 4.78 is 0. The minimum atomic E-state index is -0.167. The van der Waals surface area contributed by atoms with E-state index < -0.39 is 0 Å². The number of nitrogens with two attached hydrogens (primary N) is 1. The Kier molecular flexibility index (Phi) is 5.95. The molecule has 1 saturated heterocycles. The van der Waals surface area contributed by atoms with Crippen molar-refractivity contribution < 1.29 is 4.79 Å². The van der Waals surface area contributed by atoms with Crippen LogP contribution in [0.1, 0.15) is 34.1 Å². The standard InChI is InChI=1S/C13H27N3OS/c1-10-9-18-6-5-16(10)11(8-14)7-12(17)15-13(2,3)4/h10-11H,5-9,14H2,1-4H3,(H,15,17). The highest BCUT2D eigenvalue weighted by atomic mass is 32.2. The van der Waals surface area contributed by atoms with Gasteiger partial charge in [0.05, 0.1) is 0 Å². The first-order chi connectivity index (χ1) is 8.33. The molecule has 1 fully saturated rings. The predicted octanol–water partition coefficient (Wildman–Crippen LogP) is 1.06. The molecule has 106 valence electrons. The van der Waals surface area contributed by atoms with Gasteiger partial charge in [0, 0.05) is 48.6 Å². The molecule has 0 aromatic heterocycles. The summed E-state index contributed by atoms with van der Waals surface area (Å²) in [5.41, 5.74) is 5.68. The Morgan fingerprint density at radius 2 is 2.22 bits per heavy atom. The van der Waals surface area contributed by atoms with Crippen molar-refractivity contribution in [2.75, 3.05) is 24.6 Å². The SMILES string of the molecule is CC1CSCCN1C(CN)CC(=O)NC(C)(C)C. The van der Waals surface area contributed by atoms with E-state index in [-0.39, 0.29) is 17.5 Å². The molecule has 0 aromatic rings. The molecule has 0 spiro atoms. The lowest BCUT2D eigenvalue weighted by molar-refractivity contribution is -0.123. The maximum atomic E-state index is 12.0. The first-order valence-electron chi connectivity index (χ1n) is 6.68. The molecule has 4 nitrogen and oxygen atoms in total. The zero-order valence-electron chi connectivity index (χ0n) is 12.0. The molecule has 0 radical (unpaired) electrons. The van der Waals surface area contributed by atoms with Crippen LogP contribution in [-0.2, 0) is 4.79 Å². The van der Waals surface area contributed by atoms with E-state index in [4.69, 9.17) is 5.73 Å². The Hall–Kier alpha value is -0.260. The van der Waals surface area contributed by atoms with Gasteiger partial charge in [0.1, 0.15) is 0 Å². The van der Waals surface area contributed by atoms with Crippen LogP contribution in [-0.4, -0.2) is 53.0 Å². The fourth-order valence-corrected chi connectivity index (χ4v) is 3.34. The smallest absolute Gasteiger partial charge is 0.222 e. The summed E-state index contributed by atoms with van der Waals surface area (Å²) in [5.74, 6) is 2.38. The topological polar surface area (TPSA) is 58.4 Å². The molecule has 1 aliphatic rings. The van der Waals surface area contributed by atoms with E-state index in [1.165, 1.54) is 0 Å². The number of amides is 1. The van der Waals surface area contributed by atoms with Gasteiger partial charge in [-0.3, -0.25) is 9.69 Å². The van der Waals surface area contributed by atoms with Gasteiger partial charge in [0.25, 0.3) is 0 Å². The Balaban J connectivity index is 2.53. The maximum absolute atomic E-state index is 12.0. The third kappa shape index (κ3) is 5.16. The number of hydrogen-bond donors (Lipinski definition) is 2. The normalized spacial score (nSPS) is 23.7. The highest BCUT2D eigenvalue weighted by Gasteiger charge is 2.27. The second-order valence-electron chi connectivity index (χ2n) is 6.05. The van der Waals surface area contributed by atoms with Crippen molar-refractivity contribution in [3.05, 3.63) is 0 Å². The molecule has 0 aliphatic carbocycles. The van der Waals surface area contributed by atoms with Crippen LogP contribution in [0, 0.1) is 0 Å². The molecule has 1 rings (SSSR count). The Labute approximate surface area is 115 Å². The summed E-state index contributed by atoms with van der Waals surface area (Å²) >= 11 is 1.98. The zero-order valence-corrected chi connectivity index (χ0v) is 12.8. The fraction of sp³-hybridized carbons (Fsp3) is 0.923. The van der Waals surface area contributed by atoms with E-state index in [9.17, 15) is 4.79 Å². The number of nitrogens with zero attached hydrogens (tertiary/aromatic N) is 1.